The first-order valence-electron chi connectivity index (χ1n) is 7.32. The van der Waals surface area contributed by atoms with Crippen molar-refractivity contribution in [1.29, 1.82) is 0 Å². The van der Waals surface area contributed by atoms with Crippen LogP contribution < -0.4 is 5.32 Å². The van der Waals surface area contributed by atoms with Crippen molar-refractivity contribution >= 4 is 23.0 Å². The minimum atomic E-state index is -0.228. The minimum Gasteiger partial charge on any atom is -0.393 e. The molecule has 0 aromatic heterocycles. The van der Waals surface area contributed by atoms with Gasteiger partial charge in [-0.05, 0) is 42.2 Å². The lowest BCUT2D eigenvalue weighted by atomic mass is 9.63. The number of aliphatic hydroxyl groups excluding tert-OH is 1. The predicted molar refractivity (Wildman–Crippen MR) is 87.9 cm³/mol. The van der Waals surface area contributed by atoms with Crippen molar-refractivity contribution in [3.63, 3.8) is 0 Å². The molecule has 1 aromatic rings. The SMILES string of the molecule is [C-]#[N+]c1ccc(NCC2(C)CC(O)CC(C)(C)C2)cc1Cl. The fourth-order valence-corrected chi connectivity index (χ4v) is 3.96. The predicted octanol–water partition coefficient (Wildman–Crippen LogP) is 4.88. The molecule has 0 bridgehead atoms. The smallest absolute Gasteiger partial charge is 0.205 e. The van der Waals surface area contributed by atoms with E-state index in [1.54, 1.807) is 12.1 Å². The number of halogens is 1. The molecule has 2 rings (SSSR count). The van der Waals surface area contributed by atoms with E-state index < -0.39 is 0 Å². The van der Waals surface area contributed by atoms with Gasteiger partial charge < -0.3 is 10.4 Å². The van der Waals surface area contributed by atoms with Gasteiger partial charge in [0.15, 0.2) is 0 Å². The molecule has 0 spiro atoms. The summed E-state index contributed by atoms with van der Waals surface area (Å²) in [5.41, 5.74) is 1.63. The Morgan fingerprint density at radius 1 is 1.38 bits per heavy atom. The Hall–Kier alpha value is -1.24. The molecule has 1 aliphatic carbocycles. The first-order valence-corrected chi connectivity index (χ1v) is 7.70. The van der Waals surface area contributed by atoms with Crippen molar-refractivity contribution in [3.05, 3.63) is 34.6 Å². The molecule has 0 radical (unpaired) electrons. The average Bonchev–Trinajstić information content (AvgIpc) is 2.33. The highest BCUT2D eigenvalue weighted by Crippen LogP contribution is 2.46. The van der Waals surface area contributed by atoms with Gasteiger partial charge in [-0.1, -0.05) is 38.4 Å². The molecule has 2 N–H and O–H groups in total. The molecule has 3 nitrogen and oxygen atoms in total. The van der Waals surface area contributed by atoms with Crippen LogP contribution in [0.3, 0.4) is 0 Å². The van der Waals surface area contributed by atoms with Crippen LogP contribution in [0.4, 0.5) is 11.4 Å². The molecule has 1 aromatic carbocycles. The standard InChI is InChI=1S/C17H23ClN2O/c1-16(2)8-13(21)9-17(3,10-16)11-20-12-5-6-15(19-4)14(18)7-12/h5-7,13,20-21H,8-11H2,1-3H3. The van der Waals surface area contributed by atoms with Gasteiger partial charge in [-0.25, -0.2) is 4.85 Å². The summed E-state index contributed by atoms with van der Waals surface area (Å²) in [6.45, 7) is 14.5. The van der Waals surface area contributed by atoms with Crippen molar-refractivity contribution in [2.24, 2.45) is 10.8 Å². The maximum atomic E-state index is 10.1. The third kappa shape index (κ3) is 4.12. The second-order valence-electron chi connectivity index (χ2n) is 7.35. The molecule has 0 amide bonds. The molecule has 0 heterocycles. The van der Waals surface area contributed by atoms with Gasteiger partial charge in [-0.3, -0.25) is 0 Å². The summed E-state index contributed by atoms with van der Waals surface area (Å²) >= 11 is 6.06. The Bertz CT molecular complexity index is 564. The maximum absolute atomic E-state index is 10.1. The zero-order valence-electron chi connectivity index (χ0n) is 12.9. The Balaban J connectivity index is 2.05. The number of anilines is 1. The molecular weight excluding hydrogens is 284 g/mol. The monoisotopic (exact) mass is 306 g/mol. The summed E-state index contributed by atoms with van der Waals surface area (Å²) in [4.78, 5) is 3.36. The number of benzene rings is 1. The topological polar surface area (TPSA) is 36.6 Å². The second kappa shape index (κ2) is 5.87. The van der Waals surface area contributed by atoms with Crippen molar-refractivity contribution in [3.8, 4) is 0 Å². The second-order valence-corrected chi connectivity index (χ2v) is 7.75. The summed E-state index contributed by atoms with van der Waals surface area (Å²) in [5.74, 6) is 0. The Kier molecular flexibility index (Phi) is 4.51. The average molecular weight is 307 g/mol. The quantitative estimate of drug-likeness (QED) is 0.781. The normalized spacial score (nSPS) is 27.9. The van der Waals surface area contributed by atoms with Crippen LogP contribution in [0.1, 0.15) is 40.0 Å². The molecule has 1 saturated carbocycles. The van der Waals surface area contributed by atoms with E-state index in [2.05, 4.69) is 30.9 Å². The first kappa shape index (κ1) is 16.1. The van der Waals surface area contributed by atoms with Gasteiger partial charge in [-0.2, -0.15) is 0 Å². The first-order chi connectivity index (χ1) is 9.73. The molecular formula is C17H23ClN2O. The molecule has 2 atom stereocenters. The highest BCUT2D eigenvalue weighted by molar-refractivity contribution is 6.33. The van der Waals surface area contributed by atoms with E-state index in [9.17, 15) is 5.11 Å². The van der Waals surface area contributed by atoms with Crippen LogP contribution in [-0.2, 0) is 0 Å². The van der Waals surface area contributed by atoms with Gasteiger partial charge in [0.2, 0.25) is 5.69 Å². The van der Waals surface area contributed by atoms with Crippen LogP contribution in [0, 0.1) is 17.4 Å². The number of hydrogen-bond donors (Lipinski definition) is 2. The number of aliphatic hydroxyl groups is 1. The molecule has 0 aliphatic heterocycles. The van der Waals surface area contributed by atoms with Crippen LogP contribution in [0.15, 0.2) is 18.2 Å². The van der Waals surface area contributed by atoms with E-state index in [-0.39, 0.29) is 16.9 Å². The van der Waals surface area contributed by atoms with E-state index in [0.29, 0.717) is 10.7 Å². The van der Waals surface area contributed by atoms with Gasteiger partial charge in [-0.15, -0.1) is 0 Å². The lowest BCUT2D eigenvalue weighted by Gasteiger charge is -2.45. The molecule has 2 unspecified atom stereocenters. The van der Waals surface area contributed by atoms with Gasteiger partial charge in [0.05, 0.1) is 12.7 Å². The van der Waals surface area contributed by atoms with Crippen molar-refractivity contribution in [1.82, 2.24) is 0 Å². The van der Waals surface area contributed by atoms with E-state index in [1.165, 1.54) is 0 Å². The molecule has 0 saturated heterocycles. The van der Waals surface area contributed by atoms with Crippen LogP contribution in [-0.4, -0.2) is 17.8 Å². The third-order valence-electron chi connectivity index (χ3n) is 4.21. The zero-order chi connectivity index (χ0) is 15.7. The summed E-state index contributed by atoms with van der Waals surface area (Å²) in [6.07, 6.45) is 2.54. The maximum Gasteiger partial charge on any atom is 0.205 e. The highest BCUT2D eigenvalue weighted by atomic mass is 35.5. The Labute approximate surface area is 132 Å². The van der Waals surface area contributed by atoms with Crippen molar-refractivity contribution < 1.29 is 5.11 Å². The molecule has 4 heteroatoms. The van der Waals surface area contributed by atoms with E-state index in [4.69, 9.17) is 18.2 Å². The third-order valence-corrected chi connectivity index (χ3v) is 4.51. The largest absolute Gasteiger partial charge is 0.393 e. The van der Waals surface area contributed by atoms with Crippen LogP contribution in [0.25, 0.3) is 4.85 Å². The van der Waals surface area contributed by atoms with Crippen LogP contribution in [0.5, 0.6) is 0 Å². The molecule has 114 valence electrons. The summed E-state index contributed by atoms with van der Waals surface area (Å²) < 4.78 is 0. The summed E-state index contributed by atoms with van der Waals surface area (Å²) in [7, 11) is 0. The lowest BCUT2D eigenvalue weighted by molar-refractivity contribution is -0.00317. The summed E-state index contributed by atoms with van der Waals surface area (Å²) in [5, 5.41) is 14.0. The Morgan fingerprint density at radius 3 is 2.67 bits per heavy atom. The van der Waals surface area contributed by atoms with E-state index in [1.807, 2.05) is 6.07 Å². The fourth-order valence-electron chi connectivity index (χ4n) is 3.74. The number of nitrogens with one attached hydrogen (secondary N) is 1. The van der Waals surface area contributed by atoms with Gasteiger partial charge in [0.25, 0.3) is 0 Å². The van der Waals surface area contributed by atoms with Gasteiger partial charge in [0.1, 0.15) is 0 Å². The lowest BCUT2D eigenvalue weighted by Crippen LogP contribution is -2.42. The molecule has 1 fully saturated rings. The van der Waals surface area contributed by atoms with Crippen molar-refractivity contribution in [2.45, 2.75) is 46.1 Å². The number of nitrogens with zero attached hydrogens (tertiary/aromatic N) is 1. The summed E-state index contributed by atoms with van der Waals surface area (Å²) in [6, 6.07) is 5.41. The van der Waals surface area contributed by atoms with Crippen molar-refractivity contribution in [2.75, 3.05) is 11.9 Å². The van der Waals surface area contributed by atoms with Crippen LogP contribution >= 0.6 is 11.6 Å². The van der Waals surface area contributed by atoms with Gasteiger partial charge >= 0.3 is 0 Å². The van der Waals surface area contributed by atoms with E-state index >= 15 is 0 Å². The van der Waals surface area contributed by atoms with Gasteiger partial charge in [0, 0.05) is 17.3 Å². The van der Waals surface area contributed by atoms with E-state index in [0.717, 1.165) is 31.5 Å². The molecule has 1 aliphatic rings. The number of rotatable bonds is 3. The highest BCUT2D eigenvalue weighted by Gasteiger charge is 2.40. The fraction of sp³-hybridized carbons (Fsp3) is 0.588. The molecule has 21 heavy (non-hydrogen) atoms. The zero-order valence-corrected chi connectivity index (χ0v) is 13.7. The minimum absolute atomic E-state index is 0.0616. The number of hydrogen-bond acceptors (Lipinski definition) is 2. The Morgan fingerprint density at radius 2 is 2.10 bits per heavy atom. The van der Waals surface area contributed by atoms with Crippen LogP contribution in [0.2, 0.25) is 5.02 Å².